The van der Waals surface area contributed by atoms with E-state index in [1.165, 1.54) is 0 Å². The van der Waals surface area contributed by atoms with Crippen LogP contribution in [-0.2, 0) is 11.2 Å². The van der Waals surface area contributed by atoms with E-state index in [0.717, 1.165) is 6.07 Å². The van der Waals surface area contributed by atoms with Crippen LogP contribution in [-0.4, -0.2) is 16.1 Å². The lowest BCUT2D eigenvalue weighted by atomic mass is 10.2. The molecule has 0 aromatic carbocycles. The second-order valence-electron chi connectivity index (χ2n) is 2.68. The molecule has 0 spiro atoms. The molecular weight excluding hydrogens is 279 g/mol. The summed E-state index contributed by atoms with van der Waals surface area (Å²) in [6.45, 7) is 0. The highest BCUT2D eigenvalue weighted by atomic mass is 79.9. The summed E-state index contributed by atoms with van der Waals surface area (Å²) in [7, 11) is 0. The Bertz CT molecular complexity index is 398. The molecule has 3 nitrogen and oxygen atoms in total. The molecule has 0 fully saturated rings. The highest BCUT2D eigenvalue weighted by Gasteiger charge is 2.18. The van der Waals surface area contributed by atoms with E-state index in [-0.39, 0.29) is 5.69 Å². The number of alkyl halides is 2. The minimum absolute atomic E-state index is 0.237. The zero-order valence-electron chi connectivity index (χ0n) is 7.18. The van der Waals surface area contributed by atoms with Crippen molar-refractivity contribution in [3.63, 3.8) is 0 Å². The van der Waals surface area contributed by atoms with Gasteiger partial charge in [0.15, 0.2) is 0 Å². The first-order chi connectivity index (χ1) is 6.91. The summed E-state index contributed by atoms with van der Waals surface area (Å²) in [5.74, 6) is -2.39. The van der Waals surface area contributed by atoms with Gasteiger partial charge in [-0.2, -0.15) is 4.39 Å². The molecule has 15 heavy (non-hydrogen) atoms. The summed E-state index contributed by atoms with van der Waals surface area (Å²) in [6, 6.07) is 0.867. The molecule has 0 radical (unpaired) electrons. The average molecular weight is 284 g/mol. The van der Waals surface area contributed by atoms with E-state index in [1.807, 2.05) is 0 Å². The summed E-state index contributed by atoms with van der Waals surface area (Å²) in [6.07, 6.45) is -3.48. The second kappa shape index (κ2) is 4.61. The highest BCUT2D eigenvalue weighted by molar-refractivity contribution is 9.10. The number of aliphatic carboxylic acids is 1. The molecule has 1 N–H and O–H groups in total. The molecule has 0 aliphatic carbocycles. The van der Waals surface area contributed by atoms with E-state index in [0.29, 0.717) is 0 Å². The van der Waals surface area contributed by atoms with E-state index >= 15 is 0 Å². The monoisotopic (exact) mass is 283 g/mol. The fourth-order valence-electron chi connectivity index (χ4n) is 0.974. The maximum absolute atomic E-state index is 13.0. The second-order valence-corrected chi connectivity index (χ2v) is 3.47. The molecule has 0 aliphatic rings. The largest absolute Gasteiger partial charge is 0.481 e. The van der Waals surface area contributed by atoms with E-state index in [9.17, 15) is 18.0 Å². The van der Waals surface area contributed by atoms with Crippen LogP contribution in [0.4, 0.5) is 13.2 Å². The van der Waals surface area contributed by atoms with Gasteiger partial charge in [-0.3, -0.25) is 4.79 Å². The van der Waals surface area contributed by atoms with Gasteiger partial charge in [-0.15, -0.1) is 0 Å². The van der Waals surface area contributed by atoms with Crippen molar-refractivity contribution >= 4 is 21.9 Å². The number of hydrogen-bond acceptors (Lipinski definition) is 2. The fourth-order valence-corrected chi connectivity index (χ4v) is 1.35. The standard InChI is InChI=1S/C8H5BrF3NO2/c9-6-4(7(10)11)1-3(2-5(14)15)13-8(6)12/h1,7H,2H2,(H,14,15). The van der Waals surface area contributed by atoms with Crippen LogP contribution in [0.3, 0.4) is 0 Å². The van der Waals surface area contributed by atoms with Gasteiger partial charge in [-0.1, -0.05) is 0 Å². The first-order valence-electron chi connectivity index (χ1n) is 3.76. The minimum Gasteiger partial charge on any atom is -0.481 e. The number of nitrogens with zero attached hydrogens (tertiary/aromatic N) is 1. The Morgan fingerprint density at radius 3 is 2.67 bits per heavy atom. The third-order valence-corrected chi connectivity index (χ3v) is 2.35. The molecule has 0 amide bonds. The van der Waals surface area contributed by atoms with Crippen molar-refractivity contribution in [1.82, 2.24) is 4.98 Å². The van der Waals surface area contributed by atoms with Crippen LogP contribution in [0, 0.1) is 5.95 Å². The van der Waals surface area contributed by atoms with Gasteiger partial charge in [0.25, 0.3) is 6.43 Å². The van der Waals surface area contributed by atoms with E-state index in [2.05, 4.69) is 20.9 Å². The van der Waals surface area contributed by atoms with Crippen LogP contribution >= 0.6 is 15.9 Å². The highest BCUT2D eigenvalue weighted by Crippen LogP contribution is 2.29. The lowest BCUT2D eigenvalue weighted by Crippen LogP contribution is -2.06. The van der Waals surface area contributed by atoms with Gasteiger partial charge in [0.2, 0.25) is 5.95 Å². The van der Waals surface area contributed by atoms with Crippen molar-refractivity contribution in [3.05, 3.63) is 27.7 Å². The summed E-state index contributed by atoms with van der Waals surface area (Å²) in [5.41, 5.74) is -0.836. The molecule has 0 aliphatic heterocycles. The van der Waals surface area contributed by atoms with E-state index in [4.69, 9.17) is 5.11 Å². The molecular formula is C8H5BrF3NO2. The Kier molecular flexibility index (Phi) is 3.67. The van der Waals surface area contributed by atoms with Crippen LogP contribution < -0.4 is 0 Å². The Morgan fingerprint density at radius 1 is 1.60 bits per heavy atom. The molecule has 1 heterocycles. The van der Waals surface area contributed by atoms with Crippen molar-refractivity contribution < 1.29 is 23.1 Å². The van der Waals surface area contributed by atoms with E-state index < -0.39 is 34.8 Å². The van der Waals surface area contributed by atoms with Gasteiger partial charge in [-0.05, 0) is 22.0 Å². The number of carboxylic acid groups (broad SMARTS) is 1. The zero-order chi connectivity index (χ0) is 11.6. The van der Waals surface area contributed by atoms with Crippen molar-refractivity contribution in [2.75, 3.05) is 0 Å². The molecule has 1 aromatic rings. The number of aromatic nitrogens is 1. The Hall–Kier alpha value is -1.11. The number of halogens is 4. The number of rotatable bonds is 3. The SMILES string of the molecule is O=C(O)Cc1cc(C(F)F)c(Br)c(F)n1. The van der Waals surface area contributed by atoms with Crippen LogP contribution in [0.15, 0.2) is 10.5 Å². The molecule has 0 bridgehead atoms. The first-order valence-corrected chi connectivity index (χ1v) is 4.56. The summed E-state index contributed by atoms with van der Waals surface area (Å²) in [5, 5.41) is 8.39. The van der Waals surface area contributed by atoms with Crippen LogP contribution in [0.1, 0.15) is 17.7 Å². The molecule has 1 aromatic heterocycles. The summed E-state index contributed by atoms with van der Waals surface area (Å²) in [4.78, 5) is 13.5. The lowest BCUT2D eigenvalue weighted by Gasteiger charge is -2.06. The summed E-state index contributed by atoms with van der Waals surface area (Å²) >= 11 is 2.62. The average Bonchev–Trinajstić information content (AvgIpc) is 2.09. The normalized spacial score (nSPS) is 10.7. The zero-order valence-corrected chi connectivity index (χ0v) is 8.76. The van der Waals surface area contributed by atoms with Crippen LogP contribution in [0.5, 0.6) is 0 Å². The quantitative estimate of drug-likeness (QED) is 0.868. The molecule has 82 valence electrons. The van der Waals surface area contributed by atoms with Crippen molar-refractivity contribution in [3.8, 4) is 0 Å². The number of hydrogen-bond donors (Lipinski definition) is 1. The van der Waals surface area contributed by atoms with Gasteiger partial charge in [0.1, 0.15) is 0 Å². The molecule has 0 unspecified atom stereocenters. The number of carboxylic acids is 1. The molecule has 7 heteroatoms. The van der Waals surface area contributed by atoms with Crippen molar-refractivity contribution in [2.24, 2.45) is 0 Å². The lowest BCUT2D eigenvalue weighted by molar-refractivity contribution is -0.136. The Labute approximate surface area is 91.1 Å². The van der Waals surface area contributed by atoms with Crippen LogP contribution in [0.25, 0.3) is 0 Å². The predicted octanol–water partition coefficient (Wildman–Crippen LogP) is 2.55. The van der Waals surface area contributed by atoms with Gasteiger partial charge >= 0.3 is 5.97 Å². The van der Waals surface area contributed by atoms with Gasteiger partial charge in [-0.25, -0.2) is 13.8 Å². The molecule has 0 saturated carbocycles. The molecule has 0 atom stereocenters. The number of pyridine rings is 1. The van der Waals surface area contributed by atoms with E-state index in [1.54, 1.807) is 0 Å². The van der Waals surface area contributed by atoms with Gasteiger partial charge < -0.3 is 5.11 Å². The molecule has 0 saturated heterocycles. The minimum atomic E-state index is -2.88. The fraction of sp³-hybridized carbons (Fsp3) is 0.250. The maximum atomic E-state index is 13.0. The Balaban J connectivity index is 3.17. The third kappa shape index (κ3) is 2.92. The summed E-state index contributed by atoms with van der Waals surface area (Å²) < 4.78 is 37.2. The smallest absolute Gasteiger partial charge is 0.309 e. The topological polar surface area (TPSA) is 50.2 Å². The maximum Gasteiger partial charge on any atom is 0.309 e. The Morgan fingerprint density at radius 2 is 2.20 bits per heavy atom. The van der Waals surface area contributed by atoms with Gasteiger partial charge in [0, 0.05) is 5.56 Å². The predicted molar refractivity (Wildman–Crippen MR) is 48.2 cm³/mol. The van der Waals surface area contributed by atoms with Crippen molar-refractivity contribution in [1.29, 1.82) is 0 Å². The van der Waals surface area contributed by atoms with Gasteiger partial charge in [0.05, 0.1) is 16.6 Å². The third-order valence-electron chi connectivity index (χ3n) is 1.57. The van der Waals surface area contributed by atoms with Crippen molar-refractivity contribution in [2.45, 2.75) is 12.8 Å². The van der Waals surface area contributed by atoms with Crippen LogP contribution in [0.2, 0.25) is 0 Å². The number of carbonyl (C=O) groups is 1. The first kappa shape index (κ1) is 12.0. The molecule has 1 rings (SSSR count).